The number of hydrogen-bond acceptors (Lipinski definition) is 9. The lowest BCUT2D eigenvalue weighted by atomic mass is 10.1. The molecule has 31 heavy (non-hydrogen) atoms. The SMILES string of the molecule is COc1cc(CCCOCC(=O)C(=O)c2cc(OC)c3c(c2)OCO3)cc2c1OCO2. The van der Waals surface area contributed by atoms with Crippen LogP contribution in [0, 0.1) is 0 Å². The minimum atomic E-state index is -0.669. The van der Waals surface area contributed by atoms with Crippen LogP contribution in [0.3, 0.4) is 0 Å². The summed E-state index contributed by atoms with van der Waals surface area (Å²) >= 11 is 0. The van der Waals surface area contributed by atoms with Crippen molar-refractivity contribution in [2.45, 2.75) is 12.8 Å². The topological polar surface area (TPSA) is 98.8 Å². The maximum Gasteiger partial charge on any atom is 0.231 e. The maximum absolute atomic E-state index is 12.5. The van der Waals surface area contributed by atoms with Crippen molar-refractivity contribution in [2.75, 3.05) is 41.0 Å². The van der Waals surface area contributed by atoms with Crippen molar-refractivity contribution in [3.05, 3.63) is 35.4 Å². The van der Waals surface area contributed by atoms with Crippen molar-refractivity contribution >= 4 is 11.6 Å². The first kappa shape index (κ1) is 20.8. The van der Waals surface area contributed by atoms with Crippen LogP contribution in [0.25, 0.3) is 0 Å². The Bertz CT molecular complexity index is 999. The Morgan fingerprint density at radius 3 is 2.19 bits per heavy atom. The first-order valence-corrected chi connectivity index (χ1v) is 9.70. The summed E-state index contributed by atoms with van der Waals surface area (Å²) in [6.07, 6.45) is 1.34. The van der Waals surface area contributed by atoms with Crippen LogP contribution in [0.4, 0.5) is 0 Å². The molecule has 0 bridgehead atoms. The Balaban J connectivity index is 1.27. The fourth-order valence-electron chi connectivity index (χ4n) is 3.36. The third-order valence-corrected chi connectivity index (χ3v) is 4.88. The van der Waals surface area contributed by atoms with E-state index in [4.69, 9.17) is 33.2 Å². The number of Topliss-reactive ketones (excluding diaryl/α,β-unsaturated/α-hetero) is 2. The molecule has 164 valence electrons. The second kappa shape index (κ2) is 9.13. The largest absolute Gasteiger partial charge is 0.493 e. The summed E-state index contributed by atoms with van der Waals surface area (Å²) in [7, 11) is 3.02. The van der Waals surface area contributed by atoms with E-state index in [1.165, 1.54) is 19.2 Å². The van der Waals surface area contributed by atoms with Gasteiger partial charge in [0.2, 0.25) is 36.7 Å². The number of ketones is 2. The number of ether oxygens (including phenoxy) is 7. The zero-order chi connectivity index (χ0) is 21.8. The zero-order valence-corrected chi connectivity index (χ0v) is 17.2. The van der Waals surface area contributed by atoms with E-state index in [1.54, 1.807) is 7.11 Å². The molecule has 0 atom stereocenters. The molecule has 2 heterocycles. The number of methoxy groups -OCH3 is 2. The summed E-state index contributed by atoms with van der Waals surface area (Å²) in [6, 6.07) is 6.71. The Hall–Kier alpha value is -3.46. The molecule has 0 spiro atoms. The lowest BCUT2D eigenvalue weighted by Gasteiger charge is -2.09. The minimum Gasteiger partial charge on any atom is -0.493 e. The second-order valence-corrected chi connectivity index (χ2v) is 6.85. The highest BCUT2D eigenvalue weighted by atomic mass is 16.7. The molecule has 0 radical (unpaired) electrons. The molecule has 0 saturated heterocycles. The van der Waals surface area contributed by atoms with Crippen LogP contribution >= 0.6 is 0 Å². The highest BCUT2D eigenvalue weighted by molar-refractivity contribution is 6.44. The fraction of sp³-hybridized carbons (Fsp3) is 0.364. The highest BCUT2D eigenvalue weighted by Gasteiger charge is 2.25. The van der Waals surface area contributed by atoms with Crippen LogP contribution in [0.2, 0.25) is 0 Å². The van der Waals surface area contributed by atoms with Crippen molar-refractivity contribution in [1.29, 1.82) is 0 Å². The number of carbonyl (C=O) groups is 2. The molecule has 2 aliphatic rings. The van der Waals surface area contributed by atoms with Crippen molar-refractivity contribution in [1.82, 2.24) is 0 Å². The highest BCUT2D eigenvalue weighted by Crippen LogP contribution is 2.42. The predicted octanol–water partition coefficient (Wildman–Crippen LogP) is 2.56. The number of hydrogen-bond donors (Lipinski definition) is 0. The molecular formula is C22H22O9. The fourth-order valence-corrected chi connectivity index (χ4v) is 3.36. The standard InChI is InChI=1S/C22H22O9/c1-25-16-6-13(7-18-21(16)30-11-28-18)4-3-5-27-10-15(23)20(24)14-8-17(26-2)22-19(9-14)29-12-31-22/h6-9H,3-5,10-12H2,1-2H3. The molecule has 0 aromatic heterocycles. The van der Waals surface area contributed by atoms with Crippen molar-refractivity contribution in [3.63, 3.8) is 0 Å². The van der Waals surface area contributed by atoms with Crippen molar-refractivity contribution in [3.8, 4) is 34.5 Å². The van der Waals surface area contributed by atoms with E-state index in [0.717, 1.165) is 5.56 Å². The van der Waals surface area contributed by atoms with E-state index in [2.05, 4.69) is 0 Å². The third kappa shape index (κ3) is 4.36. The maximum atomic E-state index is 12.5. The molecular weight excluding hydrogens is 408 g/mol. The normalized spacial score (nSPS) is 13.2. The van der Waals surface area contributed by atoms with E-state index in [-0.39, 0.29) is 25.8 Å². The van der Waals surface area contributed by atoms with Gasteiger partial charge in [-0.25, -0.2) is 0 Å². The van der Waals surface area contributed by atoms with E-state index in [9.17, 15) is 9.59 Å². The summed E-state index contributed by atoms with van der Waals surface area (Å²) in [5.74, 6) is 1.68. The van der Waals surface area contributed by atoms with Gasteiger partial charge in [-0.05, 0) is 42.7 Å². The molecule has 9 heteroatoms. The number of fused-ring (bicyclic) bond motifs is 2. The number of rotatable bonds is 10. The molecule has 4 rings (SSSR count). The number of benzene rings is 2. The Kier molecular flexibility index (Phi) is 6.13. The average molecular weight is 430 g/mol. The summed E-state index contributed by atoms with van der Waals surface area (Å²) in [5, 5.41) is 0. The van der Waals surface area contributed by atoms with Crippen molar-refractivity contribution in [2.24, 2.45) is 0 Å². The Labute approximate surface area is 178 Å². The monoisotopic (exact) mass is 430 g/mol. The van der Waals surface area contributed by atoms with Gasteiger partial charge in [0.15, 0.2) is 23.0 Å². The lowest BCUT2D eigenvalue weighted by molar-refractivity contribution is -0.119. The lowest BCUT2D eigenvalue weighted by Crippen LogP contribution is -2.20. The first-order valence-electron chi connectivity index (χ1n) is 9.70. The zero-order valence-electron chi connectivity index (χ0n) is 17.2. The third-order valence-electron chi connectivity index (χ3n) is 4.88. The Morgan fingerprint density at radius 2 is 1.52 bits per heavy atom. The van der Waals surface area contributed by atoms with E-state index < -0.39 is 11.6 Å². The number of aryl methyl sites for hydroxylation is 1. The van der Waals surface area contributed by atoms with Crippen LogP contribution < -0.4 is 28.4 Å². The number of carbonyl (C=O) groups excluding carboxylic acids is 2. The van der Waals surface area contributed by atoms with Gasteiger partial charge < -0.3 is 33.2 Å². The van der Waals surface area contributed by atoms with Gasteiger partial charge in [-0.1, -0.05) is 0 Å². The molecule has 0 fully saturated rings. The molecule has 0 N–H and O–H groups in total. The van der Waals surface area contributed by atoms with Gasteiger partial charge in [0.25, 0.3) is 0 Å². The molecule has 0 unspecified atom stereocenters. The van der Waals surface area contributed by atoms with Gasteiger partial charge in [0, 0.05) is 12.2 Å². The Morgan fingerprint density at radius 1 is 0.871 bits per heavy atom. The van der Waals surface area contributed by atoms with E-state index >= 15 is 0 Å². The summed E-state index contributed by atoms with van der Waals surface area (Å²) < 4.78 is 37.3. The smallest absolute Gasteiger partial charge is 0.231 e. The van der Waals surface area contributed by atoms with Crippen LogP contribution in [-0.4, -0.2) is 52.6 Å². The predicted molar refractivity (Wildman–Crippen MR) is 107 cm³/mol. The van der Waals surface area contributed by atoms with Crippen LogP contribution in [-0.2, 0) is 16.0 Å². The van der Waals surface area contributed by atoms with Crippen molar-refractivity contribution < 1.29 is 42.7 Å². The quantitative estimate of drug-likeness (QED) is 0.320. The van der Waals surface area contributed by atoms with Crippen LogP contribution in [0.5, 0.6) is 34.5 Å². The van der Waals surface area contributed by atoms with Gasteiger partial charge in [-0.2, -0.15) is 0 Å². The molecule has 2 aromatic rings. The van der Waals surface area contributed by atoms with Gasteiger partial charge in [0.05, 0.1) is 14.2 Å². The second-order valence-electron chi connectivity index (χ2n) is 6.85. The van der Waals surface area contributed by atoms with Crippen LogP contribution in [0.15, 0.2) is 24.3 Å². The summed E-state index contributed by atoms with van der Waals surface area (Å²) in [5.41, 5.74) is 1.17. The summed E-state index contributed by atoms with van der Waals surface area (Å²) in [6.45, 7) is 0.222. The van der Waals surface area contributed by atoms with Gasteiger partial charge in [0.1, 0.15) is 6.61 Å². The molecule has 2 aliphatic heterocycles. The summed E-state index contributed by atoms with van der Waals surface area (Å²) in [4.78, 5) is 24.7. The average Bonchev–Trinajstić information content (AvgIpc) is 3.46. The molecule has 0 amide bonds. The van der Waals surface area contributed by atoms with Crippen LogP contribution in [0.1, 0.15) is 22.3 Å². The first-order chi connectivity index (χ1) is 15.1. The molecule has 0 aliphatic carbocycles. The molecule has 2 aromatic carbocycles. The minimum absolute atomic E-state index is 0.0373. The van der Waals surface area contributed by atoms with E-state index in [1.807, 2.05) is 12.1 Å². The van der Waals surface area contributed by atoms with Gasteiger partial charge in [-0.15, -0.1) is 0 Å². The molecule has 9 nitrogen and oxygen atoms in total. The molecule has 0 saturated carbocycles. The van der Waals surface area contributed by atoms with Gasteiger partial charge >= 0.3 is 0 Å². The van der Waals surface area contributed by atoms with E-state index in [0.29, 0.717) is 53.9 Å². The van der Waals surface area contributed by atoms with Gasteiger partial charge in [-0.3, -0.25) is 9.59 Å².